The predicted octanol–water partition coefficient (Wildman–Crippen LogP) is 4.34. The van der Waals surface area contributed by atoms with Gasteiger partial charge in [-0.05, 0) is 62.3 Å². The second-order valence-electron chi connectivity index (χ2n) is 8.53. The zero-order valence-corrected chi connectivity index (χ0v) is 18.0. The molecule has 1 fully saturated rings. The van der Waals surface area contributed by atoms with E-state index in [4.69, 9.17) is 4.74 Å². The van der Waals surface area contributed by atoms with Gasteiger partial charge < -0.3 is 10.1 Å². The quantitative estimate of drug-likeness (QED) is 0.770. The van der Waals surface area contributed by atoms with Gasteiger partial charge in [-0.3, -0.25) is 9.69 Å². The lowest BCUT2D eigenvalue weighted by molar-refractivity contribution is -0.121. The van der Waals surface area contributed by atoms with E-state index in [1.165, 1.54) is 36.1 Å². The van der Waals surface area contributed by atoms with E-state index in [1.54, 1.807) is 12.1 Å². The molecule has 4 rings (SSSR count). The molecule has 0 radical (unpaired) electrons. The van der Waals surface area contributed by atoms with E-state index < -0.39 is 5.54 Å². The second kappa shape index (κ2) is 8.76. The number of rotatable bonds is 6. The van der Waals surface area contributed by atoms with E-state index >= 15 is 0 Å². The zero-order valence-electron chi connectivity index (χ0n) is 18.0. The second-order valence-corrected chi connectivity index (χ2v) is 8.53. The third-order valence-corrected chi connectivity index (χ3v) is 6.48. The number of benzene rings is 2. The standard InChI is InChI=1S/C25H31FN2O2/c1-3-30-24-16-20-8-6-7-19(20)15-21(24)17-28-13-11-25(12-14-28,27-18(2)29)22-9-4-5-10-23(22)26/h4-5,9-10,15-16H,3,6-8,11-14,17H2,1-2H3,(H,27,29). The fraction of sp³-hybridized carbons (Fsp3) is 0.480. The fourth-order valence-electron chi connectivity index (χ4n) is 5.05. The Bertz CT molecular complexity index is 919. The first-order chi connectivity index (χ1) is 14.5. The van der Waals surface area contributed by atoms with Crippen LogP contribution in [0.1, 0.15) is 55.4 Å². The van der Waals surface area contributed by atoms with Crippen molar-refractivity contribution in [1.29, 1.82) is 0 Å². The third-order valence-electron chi connectivity index (χ3n) is 6.48. The van der Waals surface area contributed by atoms with E-state index in [0.29, 0.717) is 25.0 Å². The molecule has 1 amide bonds. The summed E-state index contributed by atoms with van der Waals surface area (Å²) < 4.78 is 20.5. The Labute approximate surface area is 178 Å². The molecule has 30 heavy (non-hydrogen) atoms. The van der Waals surface area contributed by atoms with Gasteiger partial charge >= 0.3 is 0 Å². The largest absolute Gasteiger partial charge is 0.494 e. The Balaban J connectivity index is 1.52. The number of nitrogens with one attached hydrogen (secondary N) is 1. The number of aryl methyl sites for hydroxylation is 2. The number of fused-ring (bicyclic) bond motifs is 1. The molecule has 1 heterocycles. The number of nitrogens with zero attached hydrogens (tertiary/aromatic N) is 1. The number of carbonyl (C=O) groups excluding carboxylic acids is 1. The fourth-order valence-corrected chi connectivity index (χ4v) is 5.05. The first-order valence-electron chi connectivity index (χ1n) is 11.0. The Hall–Kier alpha value is -2.40. The Morgan fingerprint density at radius 2 is 1.87 bits per heavy atom. The van der Waals surface area contributed by atoms with Gasteiger partial charge in [-0.2, -0.15) is 0 Å². The van der Waals surface area contributed by atoms with Gasteiger partial charge in [0.05, 0.1) is 12.1 Å². The van der Waals surface area contributed by atoms with Crippen LogP contribution in [0.25, 0.3) is 0 Å². The highest BCUT2D eigenvalue weighted by Crippen LogP contribution is 2.36. The molecule has 0 saturated carbocycles. The molecule has 1 aliphatic heterocycles. The minimum atomic E-state index is -0.644. The number of piperidine rings is 1. The van der Waals surface area contributed by atoms with E-state index in [9.17, 15) is 9.18 Å². The lowest BCUT2D eigenvalue weighted by atomic mass is 9.80. The molecule has 160 valence electrons. The molecule has 4 nitrogen and oxygen atoms in total. The highest BCUT2D eigenvalue weighted by atomic mass is 19.1. The summed E-state index contributed by atoms with van der Waals surface area (Å²) in [5.74, 6) is 0.617. The molecule has 2 aliphatic rings. The van der Waals surface area contributed by atoms with E-state index in [0.717, 1.165) is 38.2 Å². The topological polar surface area (TPSA) is 41.6 Å². The maximum atomic E-state index is 14.6. The number of hydrogen-bond donors (Lipinski definition) is 1. The molecule has 0 spiro atoms. The summed E-state index contributed by atoms with van der Waals surface area (Å²) in [4.78, 5) is 14.3. The molecule has 5 heteroatoms. The van der Waals surface area contributed by atoms with Gasteiger partial charge in [-0.25, -0.2) is 4.39 Å². The van der Waals surface area contributed by atoms with Crippen LogP contribution in [0, 0.1) is 5.82 Å². The highest BCUT2D eigenvalue weighted by molar-refractivity contribution is 5.74. The van der Waals surface area contributed by atoms with Gasteiger partial charge in [0.25, 0.3) is 0 Å². The maximum absolute atomic E-state index is 14.6. The molecular formula is C25H31FN2O2. The van der Waals surface area contributed by atoms with Gasteiger partial charge in [0.1, 0.15) is 11.6 Å². The van der Waals surface area contributed by atoms with Crippen molar-refractivity contribution in [2.75, 3.05) is 19.7 Å². The highest BCUT2D eigenvalue weighted by Gasteiger charge is 2.39. The van der Waals surface area contributed by atoms with Crippen molar-refractivity contribution in [2.45, 2.75) is 58.0 Å². The number of halogens is 1. The normalized spacial score (nSPS) is 18.1. The number of carbonyl (C=O) groups is 1. The summed E-state index contributed by atoms with van der Waals surface area (Å²) in [5, 5.41) is 3.07. The molecule has 2 aromatic rings. The van der Waals surface area contributed by atoms with Crippen LogP contribution in [0.5, 0.6) is 5.75 Å². The Kier molecular flexibility index (Phi) is 6.09. The van der Waals surface area contributed by atoms with Crippen LogP contribution in [0.15, 0.2) is 36.4 Å². The van der Waals surface area contributed by atoms with Crippen LogP contribution in [0.3, 0.4) is 0 Å². The third kappa shape index (κ3) is 4.22. The van der Waals surface area contributed by atoms with Gasteiger partial charge in [0.2, 0.25) is 5.91 Å². The number of hydrogen-bond acceptors (Lipinski definition) is 3. The van der Waals surface area contributed by atoms with Crippen molar-refractivity contribution in [3.05, 3.63) is 64.5 Å². The molecule has 0 atom stereocenters. The monoisotopic (exact) mass is 410 g/mol. The average Bonchev–Trinajstić information content (AvgIpc) is 3.17. The number of amides is 1. The van der Waals surface area contributed by atoms with E-state index in [2.05, 4.69) is 22.3 Å². The van der Waals surface area contributed by atoms with Crippen LogP contribution in [0.2, 0.25) is 0 Å². The maximum Gasteiger partial charge on any atom is 0.217 e. The van der Waals surface area contributed by atoms with Crippen LogP contribution in [-0.2, 0) is 29.7 Å². The summed E-state index contributed by atoms with van der Waals surface area (Å²) in [5.41, 5.74) is 4.05. The summed E-state index contributed by atoms with van der Waals surface area (Å²) in [6, 6.07) is 11.4. The predicted molar refractivity (Wildman–Crippen MR) is 116 cm³/mol. The average molecular weight is 411 g/mol. The molecular weight excluding hydrogens is 379 g/mol. The molecule has 1 aliphatic carbocycles. The van der Waals surface area contributed by atoms with Crippen molar-refractivity contribution in [2.24, 2.45) is 0 Å². The SMILES string of the molecule is CCOc1cc2c(cc1CN1CCC(NC(C)=O)(c3ccccc3F)CC1)CCC2. The summed E-state index contributed by atoms with van der Waals surface area (Å²) in [7, 11) is 0. The van der Waals surface area contributed by atoms with Crippen LogP contribution >= 0.6 is 0 Å². The van der Waals surface area contributed by atoms with Crippen LogP contribution in [0.4, 0.5) is 4.39 Å². The number of ether oxygens (including phenoxy) is 1. The lowest BCUT2D eigenvalue weighted by Crippen LogP contribution is -2.52. The van der Waals surface area contributed by atoms with Gasteiger partial charge in [-0.1, -0.05) is 24.3 Å². The van der Waals surface area contributed by atoms with Crippen LogP contribution < -0.4 is 10.1 Å². The Morgan fingerprint density at radius 3 is 2.53 bits per heavy atom. The summed E-state index contributed by atoms with van der Waals surface area (Å²) >= 11 is 0. The minimum absolute atomic E-state index is 0.121. The van der Waals surface area contributed by atoms with Crippen LogP contribution in [-0.4, -0.2) is 30.5 Å². The zero-order chi connectivity index (χ0) is 21.1. The number of likely N-dealkylation sites (tertiary alicyclic amines) is 1. The van der Waals surface area contributed by atoms with Crippen molar-refractivity contribution in [1.82, 2.24) is 10.2 Å². The smallest absolute Gasteiger partial charge is 0.217 e. The van der Waals surface area contributed by atoms with Gasteiger partial charge in [0, 0.05) is 37.7 Å². The molecule has 0 unspecified atom stereocenters. The van der Waals surface area contributed by atoms with Gasteiger partial charge in [0.15, 0.2) is 0 Å². The van der Waals surface area contributed by atoms with E-state index in [1.807, 2.05) is 13.0 Å². The lowest BCUT2D eigenvalue weighted by Gasteiger charge is -2.43. The summed E-state index contributed by atoms with van der Waals surface area (Å²) in [6.07, 6.45) is 4.87. The summed E-state index contributed by atoms with van der Waals surface area (Å²) in [6.45, 7) is 6.58. The molecule has 1 saturated heterocycles. The van der Waals surface area contributed by atoms with Gasteiger partial charge in [-0.15, -0.1) is 0 Å². The van der Waals surface area contributed by atoms with E-state index in [-0.39, 0.29) is 11.7 Å². The first kappa shape index (κ1) is 20.9. The van der Waals surface area contributed by atoms with Crippen molar-refractivity contribution < 1.29 is 13.9 Å². The molecule has 0 bridgehead atoms. The molecule has 0 aromatic heterocycles. The van der Waals surface area contributed by atoms with Crippen molar-refractivity contribution in [3.63, 3.8) is 0 Å². The minimum Gasteiger partial charge on any atom is -0.494 e. The molecule has 1 N–H and O–H groups in total. The Morgan fingerprint density at radius 1 is 1.17 bits per heavy atom. The van der Waals surface area contributed by atoms with Crippen molar-refractivity contribution >= 4 is 5.91 Å². The first-order valence-corrected chi connectivity index (χ1v) is 11.0. The molecule has 2 aromatic carbocycles. The van der Waals surface area contributed by atoms with Crippen molar-refractivity contribution in [3.8, 4) is 5.75 Å².